The van der Waals surface area contributed by atoms with Crippen LogP contribution < -0.4 is 5.32 Å². The second-order valence-electron chi connectivity index (χ2n) is 4.42. The van der Waals surface area contributed by atoms with Gasteiger partial charge in [0.05, 0.1) is 12.6 Å². The van der Waals surface area contributed by atoms with E-state index in [-0.39, 0.29) is 6.03 Å². The molecule has 0 aromatic carbocycles. The highest BCUT2D eigenvalue weighted by molar-refractivity contribution is 5.74. The van der Waals surface area contributed by atoms with Gasteiger partial charge in [0.15, 0.2) is 0 Å². The largest absolute Gasteiger partial charge is 0.331 e. The molecule has 1 heterocycles. The molecule has 1 fully saturated rings. The summed E-state index contributed by atoms with van der Waals surface area (Å²) in [5.74, 6) is 2.48. The minimum atomic E-state index is -0.574. The van der Waals surface area contributed by atoms with Gasteiger partial charge >= 0.3 is 6.03 Å². The van der Waals surface area contributed by atoms with Crippen molar-refractivity contribution in [3.8, 4) is 18.4 Å². The Morgan fingerprint density at radius 2 is 2.12 bits per heavy atom. The minimum absolute atomic E-state index is 0.00603. The standard InChI is InChI=1S/C12H18N4O/c1-4-7-14-12(10-13)5-8-16(9-6-12)11(17)15(2)3/h1,14H,5-9H2,2-3H3. The highest BCUT2D eigenvalue weighted by Gasteiger charge is 2.35. The van der Waals surface area contributed by atoms with E-state index in [4.69, 9.17) is 6.42 Å². The number of urea groups is 1. The fraction of sp³-hybridized carbons (Fsp3) is 0.667. The van der Waals surface area contributed by atoms with Crippen molar-refractivity contribution in [3.63, 3.8) is 0 Å². The van der Waals surface area contributed by atoms with E-state index in [1.54, 1.807) is 23.9 Å². The molecule has 0 aliphatic carbocycles. The molecule has 0 unspecified atom stereocenters. The van der Waals surface area contributed by atoms with E-state index in [0.717, 1.165) is 0 Å². The topological polar surface area (TPSA) is 59.4 Å². The predicted octanol–water partition coefficient (Wildman–Crippen LogP) is 0.249. The zero-order valence-electron chi connectivity index (χ0n) is 10.4. The van der Waals surface area contributed by atoms with Gasteiger partial charge in [-0.15, -0.1) is 6.42 Å². The number of rotatable bonds is 2. The molecule has 5 heteroatoms. The van der Waals surface area contributed by atoms with Crippen LogP contribution in [0.25, 0.3) is 0 Å². The van der Waals surface area contributed by atoms with Crippen LogP contribution >= 0.6 is 0 Å². The van der Waals surface area contributed by atoms with Gasteiger partial charge in [-0.05, 0) is 12.8 Å². The lowest BCUT2D eigenvalue weighted by molar-refractivity contribution is 0.142. The molecule has 92 valence electrons. The molecule has 0 radical (unpaired) electrons. The molecular weight excluding hydrogens is 216 g/mol. The van der Waals surface area contributed by atoms with Crippen LogP contribution in [0.2, 0.25) is 0 Å². The number of terminal acetylenes is 1. The summed E-state index contributed by atoms with van der Waals surface area (Å²) in [6.45, 7) is 1.56. The Bertz CT molecular complexity index is 356. The van der Waals surface area contributed by atoms with Crippen LogP contribution in [0.3, 0.4) is 0 Å². The third-order valence-electron chi connectivity index (χ3n) is 3.01. The Balaban J connectivity index is 2.57. The van der Waals surface area contributed by atoms with Gasteiger partial charge in [0.1, 0.15) is 5.54 Å². The fourth-order valence-electron chi connectivity index (χ4n) is 1.91. The van der Waals surface area contributed by atoms with Gasteiger partial charge < -0.3 is 9.80 Å². The summed E-state index contributed by atoms with van der Waals surface area (Å²) in [6.07, 6.45) is 6.41. The summed E-state index contributed by atoms with van der Waals surface area (Å²) < 4.78 is 0. The van der Waals surface area contributed by atoms with Gasteiger partial charge in [-0.1, -0.05) is 5.92 Å². The maximum Gasteiger partial charge on any atom is 0.319 e. The number of hydrogen-bond donors (Lipinski definition) is 1. The van der Waals surface area contributed by atoms with Gasteiger partial charge in [0.2, 0.25) is 0 Å². The van der Waals surface area contributed by atoms with E-state index in [9.17, 15) is 10.1 Å². The Morgan fingerprint density at radius 3 is 2.53 bits per heavy atom. The van der Waals surface area contributed by atoms with Crippen molar-refractivity contribution in [2.75, 3.05) is 33.7 Å². The van der Waals surface area contributed by atoms with Crippen LogP contribution in [0.1, 0.15) is 12.8 Å². The molecule has 17 heavy (non-hydrogen) atoms. The molecule has 0 spiro atoms. The monoisotopic (exact) mass is 234 g/mol. The van der Waals surface area contributed by atoms with E-state index in [1.807, 2.05) is 0 Å². The van der Waals surface area contributed by atoms with Crippen LogP contribution in [-0.4, -0.2) is 55.1 Å². The first-order valence-electron chi connectivity index (χ1n) is 5.60. The van der Waals surface area contributed by atoms with Crippen LogP contribution in [0.15, 0.2) is 0 Å². The number of carbonyl (C=O) groups excluding carboxylic acids is 1. The normalized spacial score (nSPS) is 18.0. The van der Waals surface area contributed by atoms with E-state index >= 15 is 0 Å². The lowest BCUT2D eigenvalue weighted by atomic mass is 9.89. The number of nitriles is 1. The van der Waals surface area contributed by atoms with Gasteiger partial charge in [0, 0.05) is 27.2 Å². The molecule has 0 aromatic heterocycles. The van der Waals surface area contributed by atoms with E-state index in [1.165, 1.54) is 0 Å². The van der Waals surface area contributed by atoms with Crippen LogP contribution in [0.4, 0.5) is 4.79 Å². The lowest BCUT2D eigenvalue weighted by Gasteiger charge is -2.38. The molecular formula is C12H18N4O. The molecule has 1 aliphatic heterocycles. The van der Waals surface area contributed by atoms with Crippen molar-refractivity contribution in [1.82, 2.24) is 15.1 Å². The summed E-state index contributed by atoms with van der Waals surface area (Å²) in [5.41, 5.74) is -0.574. The second-order valence-corrected chi connectivity index (χ2v) is 4.42. The van der Waals surface area contributed by atoms with Crippen molar-refractivity contribution >= 4 is 6.03 Å². The van der Waals surface area contributed by atoms with Gasteiger partial charge in [-0.3, -0.25) is 5.32 Å². The first-order chi connectivity index (χ1) is 8.04. The summed E-state index contributed by atoms with van der Waals surface area (Å²) >= 11 is 0. The van der Waals surface area contributed by atoms with Crippen molar-refractivity contribution < 1.29 is 4.79 Å². The molecule has 0 atom stereocenters. The molecule has 0 saturated carbocycles. The predicted molar refractivity (Wildman–Crippen MR) is 65.1 cm³/mol. The zero-order chi connectivity index (χ0) is 12.9. The quantitative estimate of drug-likeness (QED) is 0.697. The Morgan fingerprint density at radius 1 is 1.53 bits per heavy atom. The average Bonchev–Trinajstić information content (AvgIpc) is 2.36. The molecule has 5 nitrogen and oxygen atoms in total. The van der Waals surface area contributed by atoms with Crippen LogP contribution in [0.5, 0.6) is 0 Å². The molecule has 1 aliphatic rings. The summed E-state index contributed by atoms with van der Waals surface area (Å²) in [6, 6.07) is 2.28. The molecule has 1 N–H and O–H groups in total. The highest BCUT2D eigenvalue weighted by Crippen LogP contribution is 2.21. The lowest BCUT2D eigenvalue weighted by Crippen LogP contribution is -2.55. The van der Waals surface area contributed by atoms with Crippen LogP contribution in [0, 0.1) is 23.7 Å². The Kier molecular flexibility index (Phi) is 4.37. The summed E-state index contributed by atoms with van der Waals surface area (Å²) in [4.78, 5) is 15.0. The van der Waals surface area contributed by atoms with E-state index < -0.39 is 5.54 Å². The second kappa shape index (κ2) is 5.56. The first-order valence-corrected chi connectivity index (χ1v) is 5.60. The summed E-state index contributed by atoms with van der Waals surface area (Å²) in [5, 5.41) is 12.3. The first kappa shape index (κ1) is 13.3. The van der Waals surface area contributed by atoms with Crippen molar-refractivity contribution in [3.05, 3.63) is 0 Å². The number of carbonyl (C=O) groups is 1. The van der Waals surface area contributed by atoms with Crippen molar-refractivity contribution in [1.29, 1.82) is 5.26 Å². The van der Waals surface area contributed by atoms with E-state index in [0.29, 0.717) is 32.5 Å². The highest BCUT2D eigenvalue weighted by atomic mass is 16.2. The number of amides is 2. The fourth-order valence-corrected chi connectivity index (χ4v) is 1.91. The maximum atomic E-state index is 11.7. The molecule has 1 rings (SSSR count). The minimum Gasteiger partial charge on any atom is -0.331 e. The summed E-state index contributed by atoms with van der Waals surface area (Å²) in [7, 11) is 3.45. The number of piperidine rings is 1. The van der Waals surface area contributed by atoms with Crippen LogP contribution in [-0.2, 0) is 0 Å². The molecule has 0 aromatic rings. The third-order valence-corrected chi connectivity index (χ3v) is 3.01. The number of likely N-dealkylation sites (tertiary alicyclic amines) is 1. The Labute approximate surface area is 102 Å². The SMILES string of the molecule is C#CCNC1(C#N)CCN(C(=O)N(C)C)CC1. The third kappa shape index (κ3) is 3.12. The Hall–Kier alpha value is -1.72. The zero-order valence-corrected chi connectivity index (χ0v) is 10.4. The molecule has 2 amide bonds. The van der Waals surface area contributed by atoms with Gasteiger partial charge in [-0.2, -0.15) is 5.26 Å². The average molecular weight is 234 g/mol. The number of nitrogens with zero attached hydrogens (tertiary/aromatic N) is 3. The number of nitrogens with one attached hydrogen (secondary N) is 1. The molecule has 0 bridgehead atoms. The van der Waals surface area contributed by atoms with E-state index in [2.05, 4.69) is 17.3 Å². The smallest absolute Gasteiger partial charge is 0.319 e. The van der Waals surface area contributed by atoms with Crippen molar-refractivity contribution in [2.24, 2.45) is 0 Å². The molecule has 1 saturated heterocycles. The van der Waals surface area contributed by atoms with Crippen molar-refractivity contribution in [2.45, 2.75) is 18.4 Å². The maximum absolute atomic E-state index is 11.7. The van der Waals surface area contributed by atoms with Gasteiger partial charge in [-0.25, -0.2) is 4.79 Å². The number of hydrogen-bond acceptors (Lipinski definition) is 3. The van der Waals surface area contributed by atoms with Gasteiger partial charge in [0.25, 0.3) is 0 Å².